The highest BCUT2D eigenvalue weighted by Gasteiger charge is 2.19. The van der Waals surface area contributed by atoms with Crippen LogP contribution in [0.25, 0.3) is 111 Å². The summed E-state index contributed by atoms with van der Waals surface area (Å²) < 4.78 is 6.45. The Balaban J connectivity index is 1.07. The van der Waals surface area contributed by atoms with Gasteiger partial charge >= 0.3 is 0 Å². The molecule has 0 aliphatic carbocycles. The van der Waals surface area contributed by atoms with Crippen molar-refractivity contribution in [1.82, 2.24) is 15.0 Å². The highest BCUT2D eigenvalue weighted by molar-refractivity contribution is 6.13. The van der Waals surface area contributed by atoms with E-state index in [0.29, 0.717) is 17.5 Å². The van der Waals surface area contributed by atoms with Crippen molar-refractivity contribution < 1.29 is 4.42 Å². The molecule has 4 heteroatoms. The molecule has 280 valence electrons. The quantitative estimate of drug-likeness (QED) is 0.145. The van der Waals surface area contributed by atoms with Gasteiger partial charge in [-0.25, -0.2) is 15.0 Å². The monoisotopic (exact) mass is 757 g/mol. The van der Waals surface area contributed by atoms with Gasteiger partial charge in [0.1, 0.15) is 11.2 Å². The minimum Gasteiger partial charge on any atom is -0.456 e. The lowest BCUT2D eigenvalue weighted by atomic mass is 9.95. The lowest BCUT2D eigenvalue weighted by molar-refractivity contribution is 0.669. The summed E-state index contributed by atoms with van der Waals surface area (Å²) in [5, 5.41) is 9.08. The molecule has 9 aromatic carbocycles. The number of aromatic nitrogens is 3. The predicted molar refractivity (Wildman–Crippen MR) is 245 cm³/mol. The molecule has 0 fully saturated rings. The number of unbranched alkanes of at least 4 members (excludes halogenated alkanes) is 1. The van der Waals surface area contributed by atoms with E-state index in [1.807, 2.05) is 18.2 Å². The van der Waals surface area contributed by atoms with Gasteiger partial charge in [0.05, 0.1) is 0 Å². The van der Waals surface area contributed by atoms with Crippen molar-refractivity contribution in [3.8, 4) is 56.4 Å². The molecule has 0 amide bonds. The number of benzene rings is 9. The molecule has 0 atom stereocenters. The second-order valence-electron chi connectivity index (χ2n) is 15.5. The Morgan fingerprint density at radius 1 is 0.390 bits per heavy atom. The van der Waals surface area contributed by atoms with Crippen molar-refractivity contribution in [1.29, 1.82) is 0 Å². The number of nitrogens with zero attached hydrogens (tertiary/aromatic N) is 3. The van der Waals surface area contributed by atoms with Gasteiger partial charge in [0, 0.05) is 27.5 Å². The van der Waals surface area contributed by atoms with Gasteiger partial charge in [-0.2, -0.15) is 0 Å². The van der Waals surface area contributed by atoms with E-state index in [2.05, 4.69) is 171 Å². The number of fused-ring (bicyclic) bond motifs is 7. The van der Waals surface area contributed by atoms with Gasteiger partial charge < -0.3 is 4.42 Å². The fraction of sp³-hybridized carbons (Fsp3) is 0.0727. The molecule has 11 aromatic rings. The second-order valence-corrected chi connectivity index (χ2v) is 15.5. The summed E-state index contributed by atoms with van der Waals surface area (Å²) in [6.07, 6.45) is 3.55. The number of rotatable bonds is 8. The molecule has 59 heavy (non-hydrogen) atoms. The van der Waals surface area contributed by atoms with Gasteiger partial charge in [-0.15, -0.1) is 0 Å². The fourth-order valence-corrected chi connectivity index (χ4v) is 8.53. The molecule has 2 aromatic heterocycles. The maximum absolute atomic E-state index is 6.45. The van der Waals surface area contributed by atoms with E-state index in [1.54, 1.807) is 0 Å². The first-order valence-corrected chi connectivity index (χ1v) is 20.5. The average molecular weight is 758 g/mol. The van der Waals surface area contributed by atoms with Crippen molar-refractivity contribution in [2.45, 2.75) is 26.2 Å². The normalized spacial score (nSPS) is 11.7. The standard InChI is InChI=1S/C55H39N3O/c1-2-3-10-35-17-19-38(20-18-35)41-24-22-39-23-25-43-32-45(27-29-46(43)48(39)33-41)54-56-53(44-26-21-37-13-7-8-14-40(37)31-44)57-55(58-54)47-15-9-16-51-52(47)49-34-42(28-30-50(49)59-51)36-11-5-4-6-12-36/h4-9,11-34H,2-3,10H2,1H3. The van der Waals surface area contributed by atoms with Crippen LogP contribution >= 0.6 is 0 Å². The number of aryl methyl sites for hydroxylation is 1. The topological polar surface area (TPSA) is 51.8 Å². The smallest absolute Gasteiger partial charge is 0.164 e. The van der Waals surface area contributed by atoms with Crippen molar-refractivity contribution in [3.05, 3.63) is 188 Å². The highest BCUT2D eigenvalue weighted by atomic mass is 16.3. The molecule has 0 unspecified atom stereocenters. The third kappa shape index (κ3) is 6.40. The van der Waals surface area contributed by atoms with E-state index in [4.69, 9.17) is 19.4 Å². The first kappa shape index (κ1) is 34.8. The first-order valence-electron chi connectivity index (χ1n) is 20.5. The zero-order chi connectivity index (χ0) is 39.3. The van der Waals surface area contributed by atoms with Crippen LogP contribution in [0.3, 0.4) is 0 Å². The minimum absolute atomic E-state index is 0.598. The summed E-state index contributed by atoms with van der Waals surface area (Å²) in [6.45, 7) is 2.24. The maximum Gasteiger partial charge on any atom is 0.164 e. The summed E-state index contributed by atoms with van der Waals surface area (Å²) in [5.74, 6) is 1.84. The van der Waals surface area contributed by atoms with Crippen LogP contribution in [0.1, 0.15) is 25.3 Å². The largest absolute Gasteiger partial charge is 0.456 e. The van der Waals surface area contributed by atoms with Crippen LogP contribution in [-0.2, 0) is 6.42 Å². The zero-order valence-corrected chi connectivity index (χ0v) is 32.7. The molecule has 4 nitrogen and oxygen atoms in total. The van der Waals surface area contributed by atoms with Crippen molar-refractivity contribution in [2.75, 3.05) is 0 Å². The molecule has 0 spiro atoms. The highest BCUT2D eigenvalue weighted by Crippen LogP contribution is 2.39. The van der Waals surface area contributed by atoms with Crippen LogP contribution < -0.4 is 0 Å². The Labute approximate surface area is 342 Å². The third-order valence-electron chi connectivity index (χ3n) is 11.7. The van der Waals surface area contributed by atoms with E-state index in [1.165, 1.54) is 51.1 Å². The molecular formula is C55H39N3O. The number of hydrogen-bond donors (Lipinski definition) is 0. The van der Waals surface area contributed by atoms with Crippen LogP contribution in [0.5, 0.6) is 0 Å². The summed E-state index contributed by atoms with van der Waals surface area (Å²) in [5.41, 5.74) is 10.5. The number of hydrogen-bond acceptors (Lipinski definition) is 4. The van der Waals surface area contributed by atoms with Gasteiger partial charge in [-0.3, -0.25) is 0 Å². The van der Waals surface area contributed by atoms with E-state index in [9.17, 15) is 0 Å². The molecule has 0 aliphatic rings. The molecule has 0 aliphatic heterocycles. The second kappa shape index (κ2) is 14.5. The van der Waals surface area contributed by atoms with Gasteiger partial charge in [-0.1, -0.05) is 159 Å². The molecular weight excluding hydrogens is 719 g/mol. The van der Waals surface area contributed by atoms with E-state index < -0.39 is 0 Å². The zero-order valence-electron chi connectivity index (χ0n) is 32.7. The van der Waals surface area contributed by atoms with Gasteiger partial charge in [0.25, 0.3) is 0 Å². The van der Waals surface area contributed by atoms with Crippen molar-refractivity contribution in [2.24, 2.45) is 0 Å². The van der Waals surface area contributed by atoms with Crippen LogP contribution in [0.15, 0.2) is 186 Å². The van der Waals surface area contributed by atoms with E-state index in [-0.39, 0.29) is 0 Å². The fourth-order valence-electron chi connectivity index (χ4n) is 8.53. The van der Waals surface area contributed by atoms with Crippen molar-refractivity contribution in [3.63, 3.8) is 0 Å². The predicted octanol–water partition coefficient (Wildman–Crippen LogP) is 14.9. The summed E-state index contributed by atoms with van der Waals surface area (Å²) >= 11 is 0. The van der Waals surface area contributed by atoms with Crippen LogP contribution in [0.2, 0.25) is 0 Å². The Morgan fingerprint density at radius 2 is 1.00 bits per heavy atom. The molecule has 0 radical (unpaired) electrons. The average Bonchev–Trinajstić information content (AvgIpc) is 3.69. The molecule has 0 bridgehead atoms. The molecule has 0 saturated heterocycles. The Morgan fingerprint density at radius 3 is 1.81 bits per heavy atom. The van der Waals surface area contributed by atoms with Gasteiger partial charge in [0.2, 0.25) is 0 Å². The molecule has 0 saturated carbocycles. The summed E-state index contributed by atoms with van der Waals surface area (Å²) in [4.78, 5) is 15.7. The lowest BCUT2D eigenvalue weighted by Crippen LogP contribution is -2.00. The van der Waals surface area contributed by atoms with E-state index >= 15 is 0 Å². The summed E-state index contributed by atoms with van der Waals surface area (Å²) in [6, 6.07) is 64.7. The number of furan rings is 1. The first-order chi connectivity index (χ1) is 29.1. The summed E-state index contributed by atoms with van der Waals surface area (Å²) in [7, 11) is 0. The lowest BCUT2D eigenvalue weighted by Gasteiger charge is -2.12. The van der Waals surface area contributed by atoms with Crippen molar-refractivity contribution >= 4 is 54.3 Å². The molecule has 0 N–H and O–H groups in total. The Hall–Kier alpha value is -7.43. The maximum atomic E-state index is 6.45. The van der Waals surface area contributed by atoms with Gasteiger partial charge in [-0.05, 0) is 109 Å². The molecule has 11 rings (SSSR count). The Bertz CT molecular complexity index is 3370. The molecule has 2 heterocycles. The van der Waals surface area contributed by atoms with Gasteiger partial charge in [0.15, 0.2) is 17.5 Å². The van der Waals surface area contributed by atoms with Crippen LogP contribution in [0.4, 0.5) is 0 Å². The van der Waals surface area contributed by atoms with Crippen LogP contribution in [-0.4, -0.2) is 15.0 Å². The van der Waals surface area contributed by atoms with E-state index in [0.717, 1.165) is 66.9 Å². The third-order valence-corrected chi connectivity index (χ3v) is 11.7. The Kier molecular flexibility index (Phi) is 8.55. The van der Waals surface area contributed by atoms with Crippen LogP contribution in [0, 0.1) is 0 Å². The SMILES string of the molecule is CCCCc1ccc(-c2ccc3ccc4cc(-c5nc(-c6ccc7ccccc7c6)nc(-c6cccc7oc8ccc(-c9ccccc9)cc8c67)n5)ccc4c3c2)cc1. The minimum atomic E-state index is 0.598.